The Balaban J connectivity index is 0.00000300. The fourth-order valence-corrected chi connectivity index (χ4v) is 4.12. The third-order valence-corrected chi connectivity index (χ3v) is 5.67. The van der Waals surface area contributed by atoms with Gasteiger partial charge in [0, 0.05) is 38.4 Å². The number of pyridine rings is 1. The van der Waals surface area contributed by atoms with E-state index in [1.54, 1.807) is 12.3 Å². The van der Waals surface area contributed by atoms with Crippen LogP contribution >= 0.6 is 24.0 Å². The summed E-state index contributed by atoms with van der Waals surface area (Å²) in [7, 11) is 0. The van der Waals surface area contributed by atoms with Gasteiger partial charge in [-0.05, 0) is 70.3 Å². The lowest BCUT2D eigenvalue weighted by atomic mass is 9.97. The van der Waals surface area contributed by atoms with Crippen molar-refractivity contribution in [1.29, 1.82) is 0 Å². The van der Waals surface area contributed by atoms with Crippen LogP contribution in [0.2, 0.25) is 0 Å². The first-order valence-corrected chi connectivity index (χ1v) is 10.8. The molecule has 3 heterocycles. The molecule has 8 heteroatoms. The van der Waals surface area contributed by atoms with E-state index in [-0.39, 0.29) is 35.8 Å². The highest BCUT2D eigenvalue weighted by Gasteiger charge is 2.26. The molecule has 0 amide bonds. The second-order valence-corrected chi connectivity index (χ2v) is 7.89. The summed E-state index contributed by atoms with van der Waals surface area (Å²) in [6.07, 6.45) is 6.31. The van der Waals surface area contributed by atoms with Gasteiger partial charge in [0.25, 0.3) is 0 Å². The lowest BCUT2D eigenvalue weighted by molar-refractivity contribution is 0.188. The first kappa shape index (κ1) is 24.1. The molecule has 1 unspecified atom stereocenters. The Kier molecular flexibility index (Phi) is 10.4. The van der Waals surface area contributed by atoms with Crippen LogP contribution in [0.15, 0.2) is 23.3 Å². The highest BCUT2D eigenvalue weighted by molar-refractivity contribution is 14.0. The van der Waals surface area contributed by atoms with Crippen LogP contribution in [0, 0.1) is 11.7 Å². The normalized spacial score (nSPS) is 21.1. The van der Waals surface area contributed by atoms with Crippen molar-refractivity contribution in [3.8, 4) is 0 Å². The molecular formula is C21H36FIN6. The molecule has 0 aromatic carbocycles. The number of rotatable bonds is 7. The van der Waals surface area contributed by atoms with Gasteiger partial charge in [0.1, 0.15) is 0 Å². The van der Waals surface area contributed by atoms with Gasteiger partial charge in [-0.3, -0.25) is 4.99 Å². The first-order valence-electron chi connectivity index (χ1n) is 10.8. The summed E-state index contributed by atoms with van der Waals surface area (Å²) in [5.74, 6) is 1.75. The number of aromatic nitrogens is 1. The van der Waals surface area contributed by atoms with Crippen LogP contribution in [-0.2, 0) is 0 Å². The van der Waals surface area contributed by atoms with E-state index in [9.17, 15) is 4.39 Å². The van der Waals surface area contributed by atoms with Gasteiger partial charge in [0.05, 0.1) is 0 Å². The molecule has 2 saturated heterocycles. The summed E-state index contributed by atoms with van der Waals surface area (Å²) in [6, 6.07) is 3.36. The van der Waals surface area contributed by atoms with Crippen molar-refractivity contribution in [3.05, 3.63) is 24.1 Å². The molecule has 29 heavy (non-hydrogen) atoms. The Morgan fingerprint density at radius 3 is 2.72 bits per heavy atom. The molecule has 2 N–H and O–H groups in total. The van der Waals surface area contributed by atoms with Gasteiger partial charge in [-0.1, -0.05) is 6.92 Å². The van der Waals surface area contributed by atoms with Crippen molar-refractivity contribution in [1.82, 2.24) is 20.5 Å². The predicted octanol–water partition coefficient (Wildman–Crippen LogP) is 3.09. The Bertz CT molecular complexity index is 635. The van der Waals surface area contributed by atoms with Gasteiger partial charge in [-0.25, -0.2) is 9.37 Å². The van der Waals surface area contributed by atoms with Crippen molar-refractivity contribution in [2.24, 2.45) is 10.9 Å². The SMILES string of the molecule is CCCN1CCC(CN=C(NCC)NC2CCN(c3ncccc3F)C2)CC1.I. The molecule has 3 rings (SSSR count). The van der Waals surface area contributed by atoms with E-state index in [2.05, 4.69) is 34.4 Å². The smallest absolute Gasteiger partial charge is 0.191 e. The van der Waals surface area contributed by atoms with E-state index in [0.717, 1.165) is 38.6 Å². The quantitative estimate of drug-likeness (QED) is 0.330. The van der Waals surface area contributed by atoms with E-state index < -0.39 is 0 Å². The summed E-state index contributed by atoms with van der Waals surface area (Å²) in [5, 5.41) is 6.91. The molecule has 2 fully saturated rings. The van der Waals surface area contributed by atoms with Gasteiger partial charge >= 0.3 is 0 Å². The van der Waals surface area contributed by atoms with Gasteiger partial charge in [-0.15, -0.1) is 24.0 Å². The third kappa shape index (κ3) is 7.24. The molecule has 0 bridgehead atoms. The number of hydrogen-bond acceptors (Lipinski definition) is 4. The maximum atomic E-state index is 14.0. The van der Waals surface area contributed by atoms with Crippen LogP contribution in [0.4, 0.5) is 10.2 Å². The standard InChI is InChI=1S/C21H35FN6.HI/c1-3-11-27-12-7-17(8-13-27)15-25-21(23-4-2)26-18-9-14-28(16-18)20-19(22)6-5-10-24-20;/h5-6,10,17-18H,3-4,7-9,11-16H2,1-2H3,(H2,23,25,26);1H. The number of aliphatic imine (C=N–C) groups is 1. The van der Waals surface area contributed by atoms with E-state index in [0.29, 0.717) is 11.7 Å². The first-order chi connectivity index (χ1) is 13.7. The van der Waals surface area contributed by atoms with Gasteiger partial charge in [-0.2, -0.15) is 0 Å². The third-order valence-electron chi connectivity index (χ3n) is 5.67. The lowest BCUT2D eigenvalue weighted by Crippen LogP contribution is -2.45. The topological polar surface area (TPSA) is 55.8 Å². The van der Waals surface area contributed by atoms with E-state index in [1.807, 2.05) is 4.90 Å². The number of piperidine rings is 1. The van der Waals surface area contributed by atoms with Crippen molar-refractivity contribution in [2.75, 3.05) is 50.7 Å². The van der Waals surface area contributed by atoms with Gasteiger partial charge < -0.3 is 20.4 Å². The summed E-state index contributed by atoms with van der Waals surface area (Å²) in [4.78, 5) is 13.6. The minimum Gasteiger partial charge on any atom is -0.357 e. The maximum Gasteiger partial charge on any atom is 0.191 e. The van der Waals surface area contributed by atoms with Crippen LogP contribution in [-0.4, -0.2) is 67.7 Å². The van der Waals surface area contributed by atoms with Crippen LogP contribution in [0.1, 0.15) is 39.5 Å². The van der Waals surface area contributed by atoms with E-state index in [4.69, 9.17) is 4.99 Å². The molecule has 2 aliphatic rings. The Morgan fingerprint density at radius 1 is 1.24 bits per heavy atom. The zero-order chi connectivity index (χ0) is 19.8. The largest absolute Gasteiger partial charge is 0.357 e. The molecule has 2 aliphatic heterocycles. The number of nitrogens with zero attached hydrogens (tertiary/aromatic N) is 4. The zero-order valence-electron chi connectivity index (χ0n) is 17.7. The number of likely N-dealkylation sites (tertiary alicyclic amines) is 1. The second-order valence-electron chi connectivity index (χ2n) is 7.89. The molecule has 1 aromatic heterocycles. The van der Waals surface area contributed by atoms with Crippen molar-refractivity contribution >= 4 is 35.8 Å². The second kappa shape index (κ2) is 12.5. The minimum absolute atomic E-state index is 0. The molecule has 0 spiro atoms. The average molecular weight is 518 g/mol. The highest BCUT2D eigenvalue weighted by Crippen LogP contribution is 2.21. The monoisotopic (exact) mass is 518 g/mol. The molecule has 1 atom stereocenters. The molecular weight excluding hydrogens is 482 g/mol. The van der Waals surface area contributed by atoms with Crippen LogP contribution in [0.5, 0.6) is 0 Å². The zero-order valence-corrected chi connectivity index (χ0v) is 20.1. The molecule has 6 nitrogen and oxygen atoms in total. The predicted molar refractivity (Wildman–Crippen MR) is 129 cm³/mol. The Labute approximate surface area is 191 Å². The number of halogens is 2. The van der Waals surface area contributed by atoms with Crippen LogP contribution < -0.4 is 15.5 Å². The lowest BCUT2D eigenvalue weighted by Gasteiger charge is -2.31. The fourth-order valence-electron chi connectivity index (χ4n) is 4.12. The average Bonchev–Trinajstić information content (AvgIpc) is 3.16. The van der Waals surface area contributed by atoms with Crippen molar-refractivity contribution < 1.29 is 4.39 Å². The van der Waals surface area contributed by atoms with Gasteiger partial charge in [0.2, 0.25) is 0 Å². The Hall–Kier alpha value is -1.16. The van der Waals surface area contributed by atoms with Crippen molar-refractivity contribution in [2.45, 2.75) is 45.6 Å². The van der Waals surface area contributed by atoms with E-state index in [1.165, 1.54) is 45.0 Å². The number of anilines is 1. The molecule has 0 aliphatic carbocycles. The van der Waals surface area contributed by atoms with E-state index >= 15 is 0 Å². The molecule has 0 radical (unpaired) electrons. The maximum absolute atomic E-state index is 14.0. The number of hydrogen-bond donors (Lipinski definition) is 2. The molecule has 0 saturated carbocycles. The van der Waals surface area contributed by atoms with Crippen LogP contribution in [0.25, 0.3) is 0 Å². The minimum atomic E-state index is -0.252. The van der Waals surface area contributed by atoms with Crippen molar-refractivity contribution in [3.63, 3.8) is 0 Å². The summed E-state index contributed by atoms with van der Waals surface area (Å²) >= 11 is 0. The molecule has 1 aromatic rings. The Morgan fingerprint density at radius 2 is 2.03 bits per heavy atom. The van der Waals surface area contributed by atoms with Gasteiger partial charge in [0.15, 0.2) is 17.6 Å². The summed E-state index contributed by atoms with van der Waals surface area (Å²) in [6.45, 7) is 11.2. The number of nitrogens with one attached hydrogen (secondary N) is 2. The highest BCUT2D eigenvalue weighted by atomic mass is 127. The summed E-state index contributed by atoms with van der Waals surface area (Å²) in [5.41, 5.74) is 0. The van der Waals surface area contributed by atoms with Crippen LogP contribution in [0.3, 0.4) is 0 Å². The fraction of sp³-hybridized carbons (Fsp3) is 0.714. The molecule has 164 valence electrons. The summed E-state index contributed by atoms with van der Waals surface area (Å²) < 4.78 is 14.0. The number of guanidine groups is 1.